The van der Waals surface area contributed by atoms with Gasteiger partial charge in [-0.3, -0.25) is 0 Å². The van der Waals surface area contributed by atoms with Gasteiger partial charge < -0.3 is 35.1 Å². The number of rotatable bonds is 2. The molecule has 0 aliphatic carbocycles. The van der Waals surface area contributed by atoms with Gasteiger partial charge in [0.15, 0.2) is 10.2 Å². The number of hydrogen-bond donors (Lipinski definition) is 4. The first kappa shape index (κ1) is 25.6. The van der Waals surface area contributed by atoms with Gasteiger partial charge in [-0.15, -0.1) is 0 Å². The van der Waals surface area contributed by atoms with Crippen LogP contribution in [0, 0.1) is 0 Å². The molecule has 0 unspecified atom stereocenters. The molecule has 1 rings (SSSR count). The molecule has 1 fully saturated rings. The van der Waals surface area contributed by atoms with E-state index in [1.54, 1.807) is 10.0 Å². The zero-order valence-electron chi connectivity index (χ0n) is 16.2. The Morgan fingerprint density at radius 3 is 1.23 bits per heavy atom. The Hall–Kier alpha value is 1.56. The maximum Gasteiger partial charge on any atom is 0.218 e. The van der Waals surface area contributed by atoms with E-state index in [0.29, 0.717) is 10.2 Å². The van der Waals surface area contributed by atoms with E-state index in [2.05, 4.69) is 10.6 Å². The van der Waals surface area contributed by atoms with E-state index in [1.165, 1.54) is 0 Å². The molecule has 2 N–H and O–H groups in total. The van der Waals surface area contributed by atoms with Crippen LogP contribution in [0.15, 0.2) is 0 Å². The molecule has 0 spiro atoms. The molecule has 14 heteroatoms. The Kier molecular flexibility index (Phi) is 8.23. The van der Waals surface area contributed by atoms with Gasteiger partial charge in [-0.1, -0.05) is 0 Å². The van der Waals surface area contributed by atoms with Crippen LogP contribution in [-0.2, 0) is 24.5 Å². The van der Waals surface area contributed by atoms with Gasteiger partial charge in [0.2, 0.25) is 11.9 Å². The summed E-state index contributed by atoms with van der Waals surface area (Å²) in [5.41, 5.74) is -0.355. The summed E-state index contributed by atoms with van der Waals surface area (Å²) in [5, 5.41) is 11.1. The van der Waals surface area contributed by atoms with Crippen molar-refractivity contribution in [2.24, 2.45) is 0 Å². The van der Waals surface area contributed by atoms with Gasteiger partial charge >= 0.3 is 0 Å². The smallest absolute Gasteiger partial charge is 0.218 e. The second kappa shape index (κ2) is 8.36. The predicted molar refractivity (Wildman–Crippen MR) is 137 cm³/mol. The molecule has 0 bridgehead atoms. The maximum atomic E-state index is 5.82. The molecule has 1 aliphatic rings. The van der Waals surface area contributed by atoms with Crippen LogP contribution >= 0.6 is 60.9 Å². The third-order valence-electron chi connectivity index (χ3n) is 3.02. The maximum absolute atomic E-state index is 5.82. The van der Waals surface area contributed by atoms with Crippen molar-refractivity contribution in [3.05, 3.63) is 0 Å². The number of nitrogens with zero attached hydrogens (tertiary/aromatic N) is 4. The number of hydrogen-bond acceptors (Lipinski definition) is 8. The van der Waals surface area contributed by atoms with Gasteiger partial charge in [-0.05, 0) is 66.0 Å². The van der Waals surface area contributed by atoms with Crippen molar-refractivity contribution in [1.29, 1.82) is 0 Å². The van der Waals surface area contributed by atoms with E-state index in [0.717, 1.165) is 0 Å². The third kappa shape index (κ3) is 5.80. The molecule has 0 atom stereocenters. The highest BCUT2D eigenvalue weighted by molar-refractivity contribution is 8.91. The molecule has 1 aliphatic heterocycles. The first-order chi connectivity index (χ1) is 11.3. The quantitative estimate of drug-likeness (QED) is 0.190. The zero-order valence-corrected chi connectivity index (χ0v) is 23.1. The Balaban J connectivity index is 3.02. The van der Waals surface area contributed by atoms with Crippen LogP contribution < -0.4 is 10.6 Å². The van der Waals surface area contributed by atoms with Crippen molar-refractivity contribution < 1.29 is 0 Å². The summed E-state index contributed by atoms with van der Waals surface area (Å²) >= 11 is 32.2. The summed E-state index contributed by atoms with van der Waals surface area (Å²) in [6.07, 6.45) is 0. The fourth-order valence-corrected chi connectivity index (χ4v) is 22.6. The van der Waals surface area contributed by atoms with Gasteiger partial charge in [0.25, 0.3) is 0 Å². The van der Waals surface area contributed by atoms with E-state index in [4.69, 9.17) is 73.4 Å². The largest absolute Gasteiger partial charge is 0.494 e. The van der Waals surface area contributed by atoms with Crippen molar-refractivity contribution >= 4 is 95.6 Å². The van der Waals surface area contributed by atoms with Gasteiger partial charge in [0.05, 0.1) is 9.10 Å². The lowest BCUT2D eigenvalue weighted by Crippen LogP contribution is -2.62. The van der Waals surface area contributed by atoms with Crippen LogP contribution in [0.3, 0.4) is 0 Å². The molecular weight excluding hydrogens is 483 g/mol. The normalized spacial score (nSPS) is 27.5. The number of thiocarbonyl (C=S) groups is 2. The number of thiol groups is 2. The first-order valence-corrected chi connectivity index (χ1v) is 16.3. The lowest BCUT2D eigenvalue weighted by atomic mass is 10.1. The monoisotopic (exact) mass is 510 g/mol. The second-order valence-corrected chi connectivity index (χ2v) is 21.0. The summed E-state index contributed by atoms with van der Waals surface area (Å²) in [5.74, 6) is -5.00. The SMILES string of the molecule is CN(C(=S)NC(C)(C)C)N1[P+]([S-])(S)N(N(C)C(=S)NC(C)(C)C)[P+]1([S-])S. The molecular formula is C12H28N6P2S6. The average Bonchev–Trinajstić information content (AvgIpc) is 2.32. The summed E-state index contributed by atoms with van der Waals surface area (Å²) in [4.78, 5) is 0. The van der Waals surface area contributed by atoms with Crippen LogP contribution in [0.5, 0.6) is 0 Å². The van der Waals surface area contributed by atoms with Crippen molar-refractivity contribution in [3.63, 3.8) is 0 Å². The van der Waals surface area contributed by atoms with E-state index in [9.17, 15) is 0 Å². The predicted octanol–water partition coefficient (Wildman–Crippen LogP) is 3.95. The van der Waals surface area contributed by atoms with E-state index in [-0.39, 0.29) is 11.1 Å². The van der Waals surface area contributed by atoms with E-state index < -0.39 is 11.9 Å². The molecule has 1 heterocycles. The molecule has 0 saturated carbocycles. The van der Waals surface area contributed by atoms with Gasteiger partial charge in [0.1, 0.15) is 0 Å². The minimum absolute atomic E-state index is 0.177. The van der Waals surface area contributed by atoms with Crippen molar-refractivity contribution in [2.75, 3.05) is 14.1 Å². The first-order valence-electron chi connectivity index (χ1n) is 7.72. The van der Waals surface area contributed by atoms with Gasteiger partial charge in [0, 0.05) is 49.7 Å². The summed E-state index contributed by atoms with van der Waals surface area (Å²) in [6.45, 7) is 12.2. The Bertz CT molecular complexity index is 514. The van der Waals surface area contributed by atoms with E-state index in [1.807, 2.05) is 64.7 Å². The van der Waals surface area contributed by atoms with Crippen LogP contribution in [0.25, 0.3) is 0 Å². The Morgan fingerprint density at radius 2 is 1.04 bits per heavy atom. The standard InChI is InChI=1S/C12H28N6P2S6/c1-11(2,3)13-9(21)15(7)17-19(23,24)18(20(17,25)26)16(8)10(22)14-12(4,5)6/h1-8H3,(H,13,21)(H,14,22)(H,23,24)(H,25,26). The van der Waals surface area contributed by atoms with Crippen LogP contribution in [0.4, 0.5) is 0 Å². The third-order valence-corrected chi connectivity index (χ3v) is 16.8. The van der Waals surface area contributed by atoms with Crippen molar-refractivity contribution in [2.45, 2.75) is 52.6 Å². The number of hydrazine groups is 2. The van der Waals surface area contributed by atoms with Crippen LogP contribution in [0.1, 0.15) is 41.5 Å². The fourth-order valence-electron chi connectivity index (χ4n) is 2.08. The number of nitrogens with one attached hydrogen (secondary N) is 2. The zero-order chi connectivity index (χ0) is 20.9. The summed E-state index contributed by atoms with van der Waals surface area (Å²) in [6, 6.07) is 0. The molecule has 0 aromatic heterocycles. The molecule has 0 amide bonds. The lowest BCUT2D eigenvalue weighted by molar-refractivity contribution is 0.204. The minimum atomic E-state index is -2.50. The molecule has 0 aromatic carbocycles. The molecule has 1 saturated heterocycles. The lowest BCUT2D eigenvalue weighted by Gasteiger charge is -2.62. The van der Waals surface area contributed by atoms with Crippen LogP contribution in [-0.4, -0.2) is 54.5 Å². The second-order valence-electron chi connectivity index (χ2n) is 7.97. The van der Waals surface area contributed by atoms with Crippen molar-refractivity contribution in [3.8, 4) is 0 Å². The van der Waals surface area contributed by atoms with Crippen LogP contribution in [0.2, 0.25) is 0 Å². The van der Waals surface area contributed by atoms with Gasteiger partial charge in [-0.25, -0.2) is 10.0 Å². The summed E-state index contributed by atoms with van der Waals surface area (Å²) in [7, 11) is 3.66. The highest BCUT2D eigenvalue weighted by atomic mass is 33.1. The fraction of sp³-hybridized carbons (Fsp3) is 0.833. The van der Waals surface area contributed by atoms with Gasteiger partial charge in [-0.2, -0.15) is 0 Å². The minimum Gasteiger partial charge on any atom is -0.494 e. The molecule has 26 heavy (non-hydrogen) atoms. The average molecular weight is 511 g/mol. The Morgan fingerprint density at radius 1 is 0.808 bits per heavy atom. The van der Waals surface area contributed by atoms with Crippen molar-refractivity contribution in [1.82, 2.24) is 29.8 Å². The van der Waals surface area contributed by atoms with E-state index >= 15 is 0 Å². The topological polar surface area (TPSA) is 37.0 Å². The highest BCUT2D eigenvalue weighted by Gasteiger charge is 2.73. The Labute approximate surface area is 191 Å². The molecule has 152 valence electrons. The highest BCUT2D eigenvalue weighted by Crippen LogP contribution is 3.00. The molecule has 0 radical (unpaired) electrons. The summed E-state index contributed by atoms with van der Waals surface area (Å²) < 4.78 is 3.71. The molecule has 6 nitrogen and oxygen atoms in total. The molecule has 0 aromatic rings.